The Morgan fingerprint density at radius 1 is 1.00 bits per heavy atom. The Hall–Kier alpha value is -2.86. The van der Waals surface area contributed by atoms with Gasteiger partial charge in [0.2, 0.25) is 11.5 Å². The largest absolute Gasteiger partial charge is 0.493 e. The zero-order valence-corrected chi connectivity index (χ0v) is 18.3. The van der Waals surface area contributed by atoms with Crippen LogP contribution in [0.15, 0.2) is 35.4 Å². The van der Waals surface area contributed by atoms with Crippen LogP contribution in [0.4, 0.5) is 5.69 Å². The van der Waals surface area contributed by atoms with Crippen LogP contribution in [0, 0.1) is 0 Å². The summed E-state index contributed by atoms with van der Waals surface area (Å²) in [6.45, 7) is 2.49. The first-order valence-corrected chi connectivity index (χ1v) is 9.40. The molecular weight excluding hydrogens is 394 g/mol. The van der Waals surface area contributed by atoms with Crippen LogP contribution in [0.25, 0.3) is 6.08 Å². The van der Waals surface area contributed by atoms with Gasteiger partial charge in [0, 0.05) is 14.1 Å². The highest BCUT2D eigenvalue weighted by Crippen LogP contribution is 2.41. The highest BCUT2D eigenvalue weighted by molar-refractivity contribution is 6.47. The van der Waals surface area contributed by atoms with Crippen LogP contribution in [0.3, 0.4) is 0 Å². The molecule has 0 bridgehead atoms. The van der Waals surface area contributed by atoms with Crippen LogP contribution in [0.2, 0.25) is 0 Å². The number of ether oxygens (including phenoxy) is 4. The van der Waals surface area contributed by atoms with Crippen molar-refractivity contribution in [3.05, 3.63) is 46.5 Å². The van der Waals surface area contributed by atoms with Gasteiger partial charge in [0.05, 0.1) is 44.2 Å². The van der Waals surface area contributed by atoms with Crippen molar-refractivity contribution in [2.45, 2.75) is 6.92 Å². The minimum atomic E-state index is -0.384. The highest BCUT2D eigenvalue weighted by atomic mass is 35.5. The molecule has 0 spiro atoms. The SMILES string of the molecule is CCOc1ccc(C=C(Cl)C(=O)c2ccc(OC)c(OC)c2OC)cc1N(C)C. The topological polar surface area (TPSA) is 57.2 Å². The van der Waals surface area contributed by atoms with Gasteiger partial charge in [-0.25, -0.2) is 0 Å². The number of Topliss-reactive ketones (excluding diaryl/α,β-unsaturated/α-hetero) is 1. The van der Waals surface area contributed by atoms with E-state index in [2.05, 4.69) is 0 Å². The zero-order valence-electron chi connectivity index (χ0n) is 17.5. The standard InChI is InChI=1S/C22H26ClNO5/c1-7-29-18-10-8-14(13-17(18)24(2)3)12-16(23)20(25)15-9-11-19(26-4)22(28-6)21(15)27-5/h8-13H,7H2,1-6H3. The van der Waals surface area contributed by atoms with Gasteiger partial charge in [-0.15, -0.1) is 0 Å². The fourth-order valence-corrected chi connectivity index (χ4v) is 3.10. The Bertz CT molecular complexity index is 908. The summed E-state index contributed by atoms with van der Waals surface area (Å²) in [6, 6.07) is 8.85. The molecule has 0 N–H and O–H groups in total. The summed E-state index contributed by atoms with van der Waals surface area (Å²) < 4.78 is 21.6. The minimum absolute atomic E-state index is 0.0457. The summed E-state index contributed by atoms with van der Waals surface area (Å²) in [5.74, 6) is 1.44. The lowest BCUT2D eigenvalue weighted by Gasteiger charge is -2.18. The molecule has 0 aliphatic heterocycles. The molecule has 0 fully saturated rings. The molecule has 0 aliphatic carbocycles. The van der Waals surface area contributed by atoms with Crippen LogP contribution < -0.4 is 23.8 Å². The van der Waals surface area contributed by atoms with Crippen molar-refractivity contribution >= 4 is 29.1 Å². The quantitative estimate of drug-likeness (QED) is 0.436. The number of allylic oxidation sites excluding steroid dienone is 1. The number of carbonyl (C=O) groups is 1. The second kappa shape index (κ2) is 10.1. The second-order valence-electron chi connectivity index (χ2n) is 6.26. The van der Waals surface area contributed by atoms with Gasteiger partial charge in [-0.05, 0) is 42.8 Å². The first kappa shape index (κ1) is 22.4. The molecule has 2 aromatic carbocycles. The van der Waals surface area contributed by atoms with Gasteiger partial charge in [0.1, 0.15) is 5.75 Å². The van der Waals surface area contributed by atoms with Gasteiger partial charge in [-0.2, -0.15) is 0 Å². The molecular formula is C22H26ClNO5. The average Bonchev–Trinajstić information content (AvgIpc) is 2.72. The van der Waals surface area contributed by atoms with E-state index in [0.29, 0.717) is 18.1 Å². The van der Waals surface area contributed by atoms with E-state index in [0.717, 1.165) is 17.0 Å². The molecule has 0 radical (unpaired) electrons. The van der Waals surface area contributed by atoms with E-state index < -0.39 is 0 Å². The van der Waals surface area contributed by atoms with Crippen LogP contribution in [0.1, 0.15) is 22.8 Å². The molecule has 7 heteroatoms. The number of halogens is 1. The predicted molar refractivity (Wildman–Crippen MR) is 116 cm³/mol. The van der Waals surface area contributed by atoms with E-state index in [-0.39, 0.29) is 22.1 Å². The van der Waals surface area contributed by atoms with E-state index in [1.54, 1.807) is 18.2 Å². The monoisotopic (exact) mass is 419 g/mol. The molecule has 0 aliphatic rings. The summed E-state index contributed by atoms with van der Waals surface area (Å²) in [5.41, 5.74) is 1.95. The van der Waals surface area contributed by atoms with E-state index >= 15 is 0 Å². The summed E-state index contributed by atoms with van der Waals surface area (Å²) >= 11 is 6.37. The molecule has 0 atom stereocenters. The van der Waals surface area contributed by atoms with Gasteiger partial charge in [0.25, 0.3) is 0 Å². The Labute approximate surface area is 176 Å². The summed E-state index contributed by atoms with van der Waals surface area (Å²) in [7, 11) is 8.30. The second-order valence-corrected chi connectivity index (χ2v) is 6.67. The third-order valence-electron chi connectivity index (χ3n) is 4.22. The number of nitrogens with zero attached hydrogens (tertiary/aromatic N) is 1. The number of hydrogen-bond acceptors (Lipinski definition) is 6. The van der Waals surface area contributed by atoms with Gasteiger partial charge < -0.3 is 23.8 Å². The maximum Gasteiger partial charge on any atom is 0.208 e. The van der Waals surface area contributed by atoms with E-state index in [4.69, 9.17) is 30.5 Å². The molecule has 0 saturated heterocycles. The number of anilines is 1. The molecule has 0 heterocycles. The number of methoxy groups -OCH3 is 3. The van der Waals surface area contributed by atoms with Crippen LogP contribution in [0.5, 0.6) is 23.0 Å². The fourth-order valence-electron chi connectivity index (χ4n) is 2.87. The zero-order chi connectivity index (χ0) is 21.6. The molecule has 0 saturated carbocycles. The first-order valence-electron chi connectivity index (χ1n) is 9.02. The summed E-state index contributed by atoms with van der Waals surface area (Å²) in [4.78, 5) is 14.9. The molecule has 0 aromatic heterocycles. The van der Waals surface area contributed by atoms with Crippen LogP contribution >= 0.6 is 11.6 Å². The van der Waals surface area contributed by atoms with E-state index in [1.807, 2.05) is 44.1 Å². The average molecular weight is 420 g/mol. The number of carbonyl (C=O) groups excluding carboxylic acids is 1. The fraction of sp³-hybridized carbons (Fsp3) is 0.318. The van der Waals surface area contributed by atoms with Crippen molar-refractivity contribution in [1.29, 1.82) is 0 Å². The third-order valence-corrected chi connectivity index (χ3v) is 4.50. The summed E-state index contributed by atoms with van der Waals surface area (Å²) in [5, 5.41) is 0.0457. The first-order chi connectivity index (χ1) is 13.9. The van der Waals surface area contributed by atoms with Crippen LogP contribution in [-0.2, 0) is 0 Å². The Kier molecular flexibility index (Phi) is 7.79. The number of ketones is 1. The smallest absolute Gasteiger partial charge is 0.208 e. The van der Waals surface area contributed by atoms with Crippen molar-refractivity contribution in [3.8, 4) is 23.0 Å². The van der Waals surface area contributed by atoms with Crippen molar-refractivity contribution in [1.82, 2.24) is 0 Å². The van der Waals surface area contributed by atoms with Crippen LogP contribution in [-0.4, -0.2) is 47.8 Å². The van der Waals surface area contributed by atoms with Crippen molar-refractivity contribution < 1.29 is 23.7 Å². The third kappa shape index (κ3) is 4.95. The number of benzene rings is 2. The lowest BCUT2D eigenvalue weighted by molar-refractivity contribution is 0.103. The number of rotatable bonds is 9. The molecule has 2 aromatic rings. The van der Waals surface area contributed by atoms with Gasteiger partial charge >= 0.3 is 0 Å². The molecule has 2 rings (SSSR count). The Morgan fingerprint density at radius 2 is 1.66 bits per heavy atom. The van der Waals surface area contributed by atoms with Crippen molar-refractivity contribution in [3.63, 3.8) is 0 Å². The van der Waals surface area contributed by atoms with Crippen molar-refractivity contribution in [2.75, 3.05) is 46.9 Å². The van der Waals surface area contributed by atoms with Gasteiger partial charge in [0.15, 0.2) is 11.5 Å². The Balaban J connectivity index is 2.45. The maximum atomic E-state index is 13.0. The van der Waals surface area contributed by atoms with E-state index in [9.17, 15) is 4.79 Å². The minimum Gasteiger partial charge on any atom is -0.493 e. The van der Waals surface area contributed by atoms with Gasteiger partial charge in [-0.1, -0.05) is 17.7 Å². The predicted octanol–water partition coefficient (Wildman–Crippen LogP) is 4.64. The normalized spacial score (nSPS) is 11.1. The maximum absolute atomic E-state index is 13.0. The molecule has 156 valence electrons. The lowest BCUT2D eigenvalue weighted by Crippen LogP contribution is -2.11. The van der Waals surface area contributed by atoms with Gasteiger partial charge in [-0.3, -0.25) is 4.79 Å². The molecule has 0 unspecified atom stereocenters. The van der Waals surface area contributed by atoms with Crippen molar-refractivity contribution in [2.24, 2.45) is 0 Å². The number of hydrogen-bond donors (Lipinski definition) is 0. The molecule has 0 amide bonds. The highest BCUT2D eigenvalue weighted by Gasteiger charge is 2.22. The molecule has 29 heavy (non-hydrogen) atoms. The molecule has 6 nitrogen and oxygen atoms in total. The Morgan fingerprint density at radius 3 is 2.21 bits per heavy atom. The van der Waals surface area contributed by atoms with E-state index in [1.165, 1.54) is 21.3 Å². The lowest BCUT2D eigenvalue weighted by atomic mass is 10.1. The summed E-state index contributed by atoms with van der Waals surface area (Å²) in [6.07, 6.45) is 1.61.